The van der Waals surface area contributed by atoms with Crippen molar-refractivity contribution in [2.75, 3.05) is 5.32 Å². The molecule has 2 atom stereocenters. The standard InChI is InChI=1S/C18H20Cl2N2O2/c1-9-5-3-4-6-14(9)21-17-12-7-11(19)8-13(20)16(12)22-18(24)15(17)10(2)23/h7-9,14H,3-6H2,1-2H3,(H2,21,22,24). The first-order valence-corrected chi connectivity index (χ1v) is 8.96. The second-order valence-corrected chi connectivity index (χ2v) is 7.43. The number of aromatic nitrogens is 1. The number of Topliss-reactive ketones (excluding diaryl/α,β-unsaturated/α-hetero) is 1. The molecule has 6 heteroatoms. The van der Waals surface area contributed by atoms with E-state index in [0.29, 0.717) is 32.6 Å². The van der Waals surface area contributed by atoms with Gasteiger partial charge < -0.3 is 10.3 Å². The summed E-state index contributed by atoms with van der Waals surface area (Å²) in [5.41, 5.74) is 0.759. The molecular formula is C18H20Cl2N2O2. The number of hydrogen-bond donors (Lipinski definition) is 2. The summed E-state index contributed by atoms with van der Waals surface area (Å²) in [4.78, 5) is 27.3. The van der Waals surface area contributed by atoms with E-state index in [-0.39, 0.29) is 17.4 Å². The number of carbonyl (C=O) groups excluding carboxylic acids is 1. The molecule has 1 aliphatic rings. The molecule has 2 aromatic rings. The van der Waals surface area contributed by atoms with Gasteiger partial charge in [0, 0.05) is 16.5 Å². The molecule has 4 nitrogen and oxygen atoms in total. The minimum atomic E-state index is -0.426. The van der Waals surface area contributed by atoms with Gasteiger partial charge in [0.15, 0.2) is 5.78 Å². The lowest BCUT2D eigenvalue weighted by Gasteiger charge is -2.31. The van der Waals surface area contributed by atoms with E-state index >= 15 is 0 Å². The van der Waals surface area contributed by atoms with Gasteiger partial charge in [0.2, 0.25) is 0 Å². The third-order valence-corrected chi connectivity index (χ3v) is 5.35. The average molecular weight is 367 g/mol. The average Bonchev–Trinajstić information content (AvgIpc) is 2.50. The Hall–Kier alpha value is -1.52. The number of pyridine rings is 1. The Kier molecular flexibility index (Phi) is 4.88. The quantitative estimate of drug-likeness (QED) is 0.748. The highest BCUT2D eigenvalue weighted by Crippen LogP contribution is 2.35. The van der Waals surface area contributed by atoms with Gasteiger partial charge in [0.25, 0.3) is 5.56 Å². The van der Waals surface area contributed by atoms with Gasteiger partial charge in [-0.05, 0) is 37.8 Å². The Morgan fingerprint density at radius 1 is 1.25 bits per heavy atom. The smallest absolute Gasteiger partial charge is 0.261 e. The SMILES string of the molecule is CC(=O)c1c(NC2CCCCC2C)c2cc(Cl)cc(Cl)c2[nH]c1=O. The maximum Gasteiger partial charge on any atom is 0.261 e. The van der Waals surface area contributed by atoms with Crippen LogP contribution in [0.5, 0.6) is 0 Å². The summed E-state index contributed by atoms with van der Waals surface area (Å²) >= 11 is 12.4. The Bertz CT molecular complexity index is 860. The fourth-order valence-corrected chi connectivity index (χ4v) is 4.06. The number of hydrogen-bond acceptors (Lipinski definition) is 3. The van der Waals surface area contributed by atoms with Crippen molar-refractivity contribution in [1.29, 1.82) is 0 Å². The highest BCUT2D eigenvalue weighted by atomic mass is 35.5. The highest BCUT2D eigenvalue weighted by Gasteiger charge is 2.25. The Balaban J connectivity index is 2.23. The molecule has 128 valence electrons. The fraction of sp³-hybridized carbons (Fsp3) is 0.444. The molecule has 0 spiro atoms. The van der Waals surface area contributed by atoms with Crippen molar-refractivity contribution in [1.82, 2.24) is 4.98 Å². The van der Waals surface area contributed by atoms with Crippen molar-refractivity contribution >= 4 is 45.6 Å². The van der Waals surface area contributed by atoms with Crippen molar-refractivity contribution in [2.45, 2.75) is 45.6 Å². The fourth-order valence-electron chi connectivity index (χ4n) is 3.52. The van der Waals surface area contributed by atoms with Crippen molar-refractivity contribution in [3.63, 3.8) is 0 Å². The van der Waals surface area contributed by atoms with Crippen LogP contribution in [0.4, 0.5) is 5.69 Å². The summed E-state index contributed by atoms with van der Waals surface area (Å²) in [6, 6.07) is 3.54. The van der Waals surface area contributed by atoms with Crippen LogP contribution in [-0.4, -0.2) is 16.8 Å². The van der Waals surface area contributed by atoms with Crippen LogP contribution in [0.2, 0.25) is 10.0 Å². The second-order valence-electron chi connectivity index (χ2n) is 6.58. The zero-order valence-corrected chi connectivity index (χ0v) is 15.2. The maximum atomic E-state index is 12.4. The molecular weight excluding hydrogens is 347 g/mol. The number of fused-ring (bicyclic) bond motifs is 1. The van der Waals surface area contributed by atoms with Gasteiger partial charge in [-0.25, -0.2) is 0 Å². The number of anilines is 1. The van der Waals surface area contributed by atoms with E-state index in [0.717, 1.165) is 19.3 Å². The predicted octanol–water partition coefficient (Wildman–Crippen LogP) is 5.03. The summed E-state index contributed by atoms with van der Waals surface area (Å²) in [5, 5.41) is 4.97. The first-order valence-electron chi connectivity index (χ1n) is 8.21. The monoisotopic (exact) mass is 366 g/mol. The van der Waals surface area contributed by atoms with Crippen LogP contribution in [0.1, 0.15) is 49.9 Å². The molecule has 1 fully saturated rings. The summed E-state index contributed by atoms with van der Waals surface area (Å²) < 4.78 is 0. The van der Waals surface area contributed by atoms with Crippen LogP contribution in [0.25, 0.3) is 10.9 Å². The Morgan fingerprint density at radius 2 is 1.96 bits per heavy atom. The van der Waals surface area contributed by atoms with Crippen LogP contribution in [0.15, 0.2) is 16.9 Å². The first-order chi connectivity index (χ1) is 11.4. The molecule has 1 heterocycles. The summed E-state index contributed by atoms with van der Waals surface area (Å²) in [6.07, 6.45) is 4.50. The third kappa shape index (κ3) is 3.17. The van der Waals surface area contributed by atoms with E-state index in [1.807, 2.05) is 0 Å². The highest BCUT2D eigenvalue weighted by molar-refractivity contribution is 6.38. The summed E-state index contributed by atoms with van der Waals surface area (Å²) in [6.45, 7) is 3.59. The lowest BCUT2D eigenvalue weighted by molar-refractivity contribution is 0.101. The molecule has 2 N–H and O–H groups in total. The number of ketones is 1. The number of halogens is 2. The number of rotatable bonds is 3. The van der Waals surface area contributed by atoms with Crippen molar-refractivity contribution in [2.24, 2.45) is 5.92 Å². The van der Waals surface area contributed by atoms with Crippen molar-refractivity contribution in [3.8, 4) is 0 Å². The number of nitrogens with one attached hydrogen (secondary N) is 2. The number of aromatic amines is 1. The molecule has 2 unspecified atom stereocenters. The largest absolute Gasteiger partial charge is 0.381 e. The Morgan fingerprint density at radius 3 is 2.62 bits per heavy atom. The molecule has 0 saturated heterocycles. The minimum absolute atomic E-state index is 0.138. The van der Waals surface area contributed by atoms with Gasteiger partial charge in [-0.15, -0.1) is 0 Å². The molecule has 1 aliphatic carbocycles. The lowest BCUT2D eigenvalue weighted by Crippen LogP contribution is -2.32. The van der Waals surface area contributed by atoms with Crippen LogP contribution >= 0.6 is 23.2 Å². The zero-order chi connectivity index (χ0) is 17.4. The minimum Gasteiger partial charge on any atom is -0.381 e. The molecule has 1 saturated carbocycles. The van der Waals surface area contributed by atoms with Gasteiger partial charge in [-0.1, -0.05) is 43.0 Å². The maximum absolute atomic E-state index is 12.4. The van der Waals surface area contributed by atoms with Gasteiger partial charge >= 0.3 is 0 Å². The molecule has 0 radical (unpaired) electrons. The van der Waals surface area contributed by atoms with E-state index in [9.17, 15) is 9.59 Å². The first kappa shape index (κ1) is 17.3. The molecule has 0 bridgehead atoms. The second kappa shape index (κ2) is 6.77. The van der Waals surface area contributed by atoms with E-state index in [2.05, 4.69) is 17.2 Å². The lowest BCUT2D eigenvalue weighted by atomic mass is 9.85. The van der Waals surface area contributed by atoms with E-state index in [1.165, 1.54) is 13.3 Å². The van der Waals surface area contributed by atoms with Crippen LogP contribution < -0.4 is 10.9 Å². The van der Waals surface area contributed by atoms with Crippen molar-refractivity contribution < 1.29 is 4.79 Å². The molecule has 3 rings (SSSR count). The molecule has 1 aromatic heterocycles. The van der Waals surface area contributed by atoms with Gasteiger partial charge in [-0.3, -0.25) is 9.59 Å². The molecule has 1 aromatic carbocycles. The number of carbonyl (C=O) groups is 1. The number of benzene rings is 1. The molecule has 24 heavy (non-hydrogen) atoms. The normalized spacial score (nSPS) is 21.0. The van der Waals surface area contributed by atoms with Crippen LogP contribution in [0, 0.1) is 5.92 Å². The van der Waals surface area contributed by atoms with Crippen LogP contribution in [0.3, 0.4) is 0 Å². The van der Waals surface area contributed by atoms with Gasteiger partial charge in [0.05, 0.1) is 16.2 Å². The van der Waals surface area contributed by atoms with Crippen LogP contribution in [-0.2, 0) is 0 Å². The molecule has 0 aliphatic heterocycles. The van der Waals surface area contributed by atoms with Gasteiger partial charge in [0.1, 0.15) is 5.56 Å². The topological polar surface area (TPSA) is 62.0 Å². The van der Waals surface area contributed by atoms with E-state index in [4.69, 9.17) is 23.2 Å². The van der Waals surface area contributed by atoms with Crippen molar-refractivity contribution in [3.05, 3.63) is 38.1 Å². The number of H-pyrrole nitrogens is 1. The zero-order valence-electron chi connectivity index (χ0n) is 13.7. The van der Waals surface area contributed by atoms with E-state index < -0.39 is 5.56 Å². The Labute approximate surface area is 150 Å². The molecule has 0 amide bonds. The third-order valence-electron chi connectivity index (χ3n) is 4.83. The summed E-state index contributed by atoms with van der Waals surface area (Å²) in [5.74, 6) is 0.197. The predicted molar refractivity (Wildman–Crippen MR) is 99.6 cm³/mol. The van der Waals surface area contributed by atoms with E-state index in [1.54, 1.807) is 12.1 Å². The summed E-state index contributed by atoms with van der Waals surface area (Å²) in [7, 11) is 0. The van der Waals surface area contributed by atoms with Gasteiger partial charge in [-0.2, -0.15) is 0 Å².